The molecule has 1 unspecified atom stereocenters. The van der Waals surface area contributed by atoms with Crippen molar-refractivity contribution in [2.75, 3.05) is 20.2 Å². The summed E-state index contributed by atoms with van der Waals surface area (Å²) in [6.45, 7) is 2.94. The van der Waals surface area contributed by atoms with Crippen LogP contribution in [0.15, 0.2) is 59.6 Å². The maximum atomic E-state index is 5.82. The van der Waals surface area contributed by atoms with E-state index in [1.54, 1.807) is 7.05 Å². The molecule has 5 nitrogen and oxygen atoms in total. The van der Waals surface area contributed by atoms with Crippen LogP contribution in [-0.4, -0.2) is 32.3 Å². The Morgan fingerprint density at radius 3 is 2.67 bits per heavy atom. The van der Waals surface area contributed by atoms with Gasteiger partial charge in [0.25, 0.3) is 0 Å². The predicted molar refractivity (Wildman–Crippen MR) is 120 cm³/mol. The van der Waals surface area contributed by atoms with Crippen molar-refractivity contribution in [3.63, 3.8) is 0 Å². The lowest BCUT2D eigenvalue weighted by Crippen LogP contribution is -2.40. The van der Waals surface area contributed by atoms with Crippen LogP contribution in [0.5, 0.6) is 5.75 Å². The second kappa shape index (κ2) is 11.8. The zero-order chi connectivity index (χ0) is 18.0. The number of hydrogen-bond acceptors (Lipinski definition) is 3. The first-order chi connectivity index (χ1) is 12.8. The fourth-order valence-electron chi connectivity index (χ4n) is 2.94. The molecule has 0 amide bonds. The lowest BCUT2D eigenvalue weighted by molar-refractivity contribution is 0.114. The van der Waals surface area contributed by atoms with Gasteiger partial charge < -0.3 is 20.1 Å². The maximum absolute atomic E-state index is 5.82. The molecule has 2 N–H and O–H groups in total. The monoisotopic (exact) mass is 481 g/mol. The molecule has 0 saturated carbocycles. The zero-order valence-electron chi connectivity index (χ0n) is 15.7. The highest BCUT2D eigenvalue weighted by molar-refractivity contribution is 14.0. The van der Waals surface area contributed by atoms with Gasteiger partial charge in [-0.3, -0.25) is 4.99 Å². The van der Waals surface area contributed by atoms with E-state index in [1.807, 2.05) is 30.3 Å². The van der Waals surface area contributed by atoms with E-state index in [0.29, 0.717) is 19.3 Å². The van der Waals surface area contributed by atoms with Crippen molar-refractivity contribution in [2.24, 2.45) is 4.99 Å². The topological polar surface area (TPSA) is 54.9 Å². The molecular formula is C21H28IN3O2. The number of ether oxygens (including phenoxy) is 2. The van der Waals surface area contributed by atoms with Crippen LogP contribution in [0.2, 0.25) is 0 Å². The molecular weight excluding hydrogens is 453 g/mol. The zero-order valence-corrected chi connectivity index (χ0v) is 18.0. The van der Waals surface area contributed by atoms with Gasteiger partial charge in [0.2, 0.25) is 0 Å². The van der Waals surface area contributed by atoms with Gasteiger partial charge in [0.15, 0.2) is 5.96 Å². The first kappa shape index (κ1) is 21.5. The number of benzene rings is 2. The standard InChI is InChI=1S/C21H27N3O2.HI/c1-22-21(24-15-20-11-6-12-25-20)23-14-17-7-5-8-18(13-17)16-26-19-9-3-2-4-10-19;/h2-5,7-10,13,20H,6,11-12,14-16H2,1H3,(H2,22,23,24);1H. The first-order valence-electron chi connectivity index (χ1n) is 9.15. The number of aliphatic imine (C=N–C) groups is 1. The largest absolute Gasteiger partial charge is 0.489 e. The second-order valence-corrected chi connectivity index (χ2v) is 6.36. The van der Waals surface area contributed by atoms with Crippen LogP contribution in [0.4, 0.5) is 0 Å². The molecule has 2 aromatic rings. The highest BCUT2D eigenvalue weighted by Crippen LogP contribution is 2.13. The minimum absolute atomic E-state index is 0. The van der Waals surface area contributed by atoms with E-state index in [2.05, 4.69) is 39.9 Å². The van der Waals surface area contributed by atoms with E-state index < -0.39 is 0 Å². The summed E-state index contributed by atoms with van der Waals surface area (Å²) in [5.41, 5.74) is 2.34. The number of nitrogens with zero attached hydrogens (tertiary/aromatic N) is 1. The third-order valence-electron chi connectivity index (χ3n) is 4.34. The average Bonchev–Trinajstić information content (AvgIpc) is 3.21. The minimum Gasteiger partial charge on any atom is -0.489 e. The summed E-state index contributed by atoms with van der Waals surface area (Å²) in [7, 11) is 1.79. The summed E-state index contributed by atoms with van der Waals surface area (Å²) in [5, 5.41) is 6.69. The Kier molecular flexibility index (Phi) is 9.41. The number of hydrogen-bond donors (Lipinski definition) is 2. The summed E-state index contributed by atoms with van der Waals surface area (Å²) in [4.78, 5) is 4.28. The molecule has 1 aliphatic rings. The molecule has 6 heteroatoms. The van der Waals surface area contributed by atoms with E-state index >= 15 is 0 Å². The van der Waals surface area contributed by atoms with Gasteiger partial charge >= 0.3 is 0 Å². The third-order valence-corrected chi connectivity index (χ3v) is 4.34. The summed E-state index contributed by atoms with van der Waals surface area (Å²) < 4.78 is 11.4. The molecule has 0 aliphatic carbocycles. The summed E-state index contributed by atoms with van der Waals surface area (Å²) in [6.07, 6.45) is 2.57. The van der Waals surface area contributed by atoms with Crippen molar-refractivity contribution in [3.05, 3.63) is 65.7 Å². The molecule has 1 heterocycles. The van der Waals surface area contributed by atoms with Crippen LogP contribution in [0, 0.1) is 0 Å². The molecule has 0 bridgehead atoms. The average molecular weight is 481 g/mol. The van der Waals surface area contributed by atoms with Crippen molar-refractivity contribution in [2.45, 2.75) is 32.1 Å². The maximum Gasteiger partial charge on any atom is 0.191 e. The van der Waals surface area contributed by atoms with Crippen LogP contribution in [0.3, 0.4) is 0 Å². The molecule has 3 rings (SSSR count). The lowest BCUT2D eigenvalue weighted by atomic mass is 10.1. The molecule has 146 valence electrons. The molecule has 27 heavy (non-hydrogen) atoms. The predicted octanol–water partition coefficient (Wildman–Crippen LogP) is 3.73. The smallest absolute Gasteiger partial charge is 0.191 e. The Hall–Kier alpha value is -1.80. The van der Waals surface area contributed by atoms with Crippen molar-refractivity contribution >= 4 is 29.9 Å². The molecule has 1 fully saturated rings. The molecule has 1 saturated heterocycles. The van der Waals surface area contributed by atoms with Crippen molar-refractivity contribution in [1.29, 1.82) is 0 Å². The minimum atomic E-state index is 0. The van der Waals surface area contributed by atoms with E-state index in [0.717, 1.165) is 43.3 Å². The number of nitrogens with one attached hydrogen (secondary N) is 2. The van der Waals surface area contributed by atoms with Gasteiger partial charge in [0.1, 0.15) is 12.4 Å². The van der Waals surface area contributed by atoms with Crippen molar-refractivity contribution in [3.8, 4) is 5.75 Å². The van der Waals surface area contributed by atoms with Gasteiger partial charge in [-0.15, -0.1) is 24.0 Å². The molecule has 0 radical (unpaired) electrons. The van der Waals surface area contributed by atoms with Crippen LogP contribution >= 0.6 is 24.0 Å². The Balaban J connectivity index is 0.00000261. The van der Waals surface area contributed by atoms with E-state index in [1.165, 1.54) is 5.56 Å². The number of halogens is 1. The highest BCUT2D eigenvalue weighted by Gasteiger charge is 2.15. The Bertz CT molecular complexity index is 704. The van der Waals surface area contributed by atoms with Crippen LogP contribution < -0.4 is 15.4 Å². The molecule has 1 atom stereocenters. The molecule has 2 aromatic carbocycles. The number of rotatable bonds is 7. The van der Waals surface area contributed by atoms with Crippen molar-refractivity contribution < 1.29 is 9.47 Å². The van der Waals surface area contributed by atoms with Gasteiger partial charge in [-0.2, -0.15) is 0 Å². The second-order valence-electron chi connectivity index (χ2n) is 6.36. The molecule has 0 spiro atoms. The number of guanidine groups is 1. The summed E-state index contributed by atoms with van der Waals surface area (Å²) in [6, 6.07) is 18.3. The Morgan fingerprint density at radius 2 is 1.93 bits per heavy atom. The van der Waals surface area contributed by atoms with Crippen LogP contribution in [0.25, 0.3) is 0 Å². The van der Waals surface area contributed by atoms with Gasteiger partial charge in [-0.1, -0.05) is 42.5 Å². The molecule has 0 aromatic heterocycles. The van der Waals surface area contributed by atoms with Gasteiger partial charge in [0, 0.05) is 26.7 Å². The molecule has 1 aliphatic heterocycles. The number of para-hydroxylation sites is 1. The van der Waals surface area contributed by atoms with Crippen LogP contribution in [-0.2, 0) is 17.9 Å². The fraction of sp³-hybridized carbons (Fsp3) is 0.381. The quantitative estimate of drug-likeness (QED) is 0.360. The summed E-state index contributed by atoms with van der Waals surface area (Å²) >= 11 is 0. The van der Waals surface area contributed by atoms with Crippen LogP contribution in [0.1, 0.15) is 24.0 Å². The van der Waals surface area contributed by atoms with E-state index in [9.17, 15) is 0 Å². The highest BCUT2D eigenvalue weighted by atomic mass is 127. The normalized spacial score (nSPS) is 16.5. The summed E-state index contributed by atoms with van der Waals surface area (Å²) in [5.74, 6) is 1.68. The SMILES string of the molecule is CN=C(NCc1cccc(COc2ccccc2)c1)NCC1CCCO1.I. The first-order valence-corrected chi connectivity index (χ1v) is 9.15. The van der Waals surface area contributed by atoms with Crippen molar-refractivity contribution in [1.82, 2.24) is 10.6 Å². The Labute approximate surface area is 178 Å². The lowest BCUT2D eigenvalue weighted by Gasteiger charge is -2.15. The van der Waals surface area contributed by atoms with Gasteiger partial charge in [0.05, 0.1) is 6.10 Å². The van der Waals surface area contributed by atoms with E-state index in [4.69, 9.17) is 9.47 Å². The van der Waals surface area contributed by atoms with Gasteiger partial charge in [-0.05, 0) is 36.1 Å². The third kappa shape index (κ3) is 7.38. The van der Waals surface area contributed by atoms with E-state index in [-0.39, 0.29) is 24.0 Å². The van der Waals surface area contributed by atoms with Gasteiger partial charge in [-0.25, -0.2) is 0 Å². The Morgan fingerprint density at radius 1 is 1.11 bits per heavy atom. The fourth-order valence-corrected chi connectivity index (χ4v) is 2.94.